The second-order valence-corrected chi connectivity index (χ2v) is 4.49. The second-order valence-electron chi connectivity index (χ2n) is 4.49. The fourth-order valence-corrected chi connectivity index (χ4v) is 1.68. The molecule has 0 atom stereocenters. The molecule has 0 saturated carbocycles. The number of hydrogen-bond donors (Lipinski definition) is 1. The molecular weight excluding hydrogens is 286 g/mol. The van der Waals surface area contributed by atoms with E-state index in [-0.39, 0.29) is 11.3 Å². The van der Waals surface area contributed by atoms with Crippen LogP contribution >= 0.6 is 0 Å². The molecule has 2 aromatic rings. The number of aryl methyl sites for hydroxylation is 1. The number of hydrogen-bond acceptors (Lipinski definition) is 1. The number of carbonyl (C=O) groups excluding carboxylic acids is 1. The Morgan fingerprint density at radius 2 is 1.67 bits per heavy atom. The van der Waals surface area contributed by atoms with Gasteiger partial charge < -0.3 is 5.32 Å². The van der Waals surface area contributed by atoms with Gasteiger partial charge in [0.25, 0.3) is 5.91 Å². The Balaban J connectivity index is 2.15. The third-order valence-corrected chi connectivity index (χ3v) is 2.90. The highest BCUT2D eigenvalue weighted by Gasteiger charge is 2.30. The van der Waals surface area contributed by atoms with Crippen LogP contribution in [-0.4, -0.2) is 5.91 Å². The molecule has 2 aromatic carbocycles. The van der Waals surface area contributed by atoms with Gasteiger partial charge in [-0.25, -0.2) is 4.39 Å². The van der Waals surface area contributed by atoms with Crippen molar-refractivity contribution in [3.05, 3.63) is 65.0 Å². The smallest absolute Gasteiger partial charge is 0.322 e. The molecule has 110 valence electrons. The van der Waals surface area contributed by atoms with E-state index in [1.165, 1.54) is 12.1 Å². The molecule has 6 heteroatoms. The Morgan fingerprint density at radius 1 is 1.05 bits per heavy atom. The van der Waals surface area contributed by atoms with Gasteiger partial charge in [0.05, 0.1) is 5.56 Å². The summed E-state index contributed by atoms with van der Waals surface area (Å²) >= 11 is 0. The number of carbonyl (C=O) groups is 1. The zero-order valence-electron chi connectivity index (χ0n) is 11.0. The van der Waals surface area contributed by atoms with Crippen molar-refractivity contribution in [3.63, 3.8) is 0 Å². The zero-order valence-corrected chi connectivity index (χ0v) is 11.0. The van der Waals surface area contributed by atoms with Gasteiger partial charge in [0.15, 0.2) is 0 Å². The molecule has 2 rings (SSSR count). The van der Waals surface area contributed by atoms with Crippen LogP contribution in [0.5, 0.6) is 0 Å². The van der Waals surface area contributed by atoms with Crippen LogP contribution in [0.15, 0.2) is 42.5 Å². The predicted octanol–water partition coefficient (Wildman–Crippen LogP) is 4.41. The van der Waals surface area contributed by atoms with Crippen molar-refractivity contribution in [1.29, 1.82) is 0 Å². The summed E-state index contributed by atoms with van der Waals surface area (Å²) in [5.74, 6) is -1.08. The van der Waals surface area contributed by atoms with Gasteiger partial charge in [0.2, 0.25) is 0 Å². The molecule has 0 heterocycles. The Morgan fingerprint density at radius 3 is 2.19 bits per heavy atom. The second kappa shape index (κ2) is 5.55. The normalized spacial score (nSPS) is 11.3. The van der Waals surface area contributed by atoms with Crippen LogP contribution in [0.25, 0.3) is 0 Å². The largest absolute Gasteiger partial charge is 0.416 e. The number of halogens is 4. The first-order chi connectivity index (χ1) is 9.77. The van der Waals surface area contributed by atoms with Gasteiger partial charge >= 0.3 is 6.18 Å². The summed E-state index contributed by atoms with van der Waals surface area (Å²) in [6, 6.07) is 7.95. The SMILES string of the molecule is Cc1ccc(NC(=O)c2ccc(C(F)(F)F)cc2)cc1F. The monoisotopic (exact) mass is 297 g/mol. The molecule has 1 amide bonds. The first-order valence-corrected chi connectivity index (χ1v) is 6.02. The molecule has 0 aliphatic carbocycles. The van der Waals surface area contributed by atoms with Crippen LogP contribution in [0.1, 0.15) is 21.5 Å². The van der Waals surface area contributed by atoms with Crippen LogP contribution in [0.3, 0.4) is 0 Å². The third kappa shape index (κ3) is 3.59. The Labute approximate surface area is 118 Å². The van der Waals surface area contributed by atoms with E-state index in [1.807, 2.05) is 0 Å². The summed E-state index contributed by atoms with van der Waals surface area (Å²) in [7, 11) is 0. The van der Waals surface area contributed by atoms with E-state index in [1.54, 1.807) is 6.92 Å². The van der Waals surface area contributed by atoms with Gasteiger partial charge in [-0.05, 0) is 48.9 Å². The molecule has 0 radical (unpaired) electrons. The Kier molecular flexibility index (Phi) is 3.97. The lowest BCUT2D eigenvalue weighted by Crippen LogP contribution is -2.13. The summed E-state index contributed by atoms with van der Waals surface area (Å²) in [5.41, 5.74) is -0.102. The summed E-state index contributed by atoms with van der Waals surface area (Å²) in [6.45, 7) is 1.58. The number of alkyl halides is 3. The predicted molar refractivity (Wildman–Crippen MR) is 70.5 cm³/mol. The molecule has 0 bridgehead atoms. The van der Waals surface area contributed by atoms with Crippen molar-refractivity contribution in [2.24, 2.45) is 0 Å². The number of amides is 1. The van der Waals surface area contributed by atoms with Gasteiger partial charge in [-0.2, -0.15) is 13.2 Å². The maximum Gasteiger partial charge on any atom is 0.416 e. The highest BCUT2D eigenvalue weighted by Crippen LogP contribution is 2.29. The van der Waals surface area contributed by atoms with E-state index in [9.17, 15) is 22.4 Å². The van der Waals surface area contributed by atoms with E-state index in [4.69, 9.17) is 0 Å². The first-order valence-electron chi connectivity index (χ1n) is 6.02. The van der Waals surface area contributed by atoms with Crippen molar-refractivity contribution in [2.45, 2.75) is 13.1 Å². The minimum Gasteiger partial charge on any atom is -0.322 e. The summed E-state index contributed by atoms with van der Waals surface area (Å²) in [5, 5.41) is 2.42. The summed E-state index contributed by atoms with van der Waals surface area (Å²) in [6.07, 6.45) is -4.45. The summed E-state index contributed by atoms with van der Waals surface area (Å²) < 4.78 is 50.6. The van der Waals surface area contributed by atoms with Crippen LogP contribution in [-0.2, 0) is 6.18 Å². The minimum absolute atomic E-state index is 0.0592. The van der Waals surface area contributed by atoms with Crippen molar-refractivity contribution in [1.82, 2.24) is 0 Å². The van der Waals surface area contributed by atoms with E-state index in [2.05, 4.69) is 5.32 Å². The van der Waals surface area contributed by atoms with E-state index >= 15 is 0 Å². The van der Waals surface area contributed by atoms with E-state index in [0.717, 1.165) is 30.3 Å². The van der Waals surface area contributed by atoms with E-state index in [0.29, 0.717) is 5.56 Å². The lowest BCUT2D eigenvalue weighted by atomic mass is 10.1. The number of nitrogens with one attached hydrogen (secondary N) is 1. The topological polar surface area (TPSA) is 29.1 Å². The molecule has 0 aliphatic heterocycles. The maximum absolute atomic E-state index is 13.3. The van der Waals surface area contributed by atoms with Crippen LogP contribution in [0.4, 0.5) is 23.2 Å². The number of benzene rings is 2. The molecule has 1 N–H and O–H groups in total. The standard InChI is InChI=1S/C15H11F4NO/c1-9-2-7-12(8-13(9)16)20-14(21)10-3-5-11(6-4-10)15(17,18)19/h2-8H,1H3,(H,20,21). The Bertz CT molecular complexity index is 662. The first kappa shape index (κ1) is 15.0. The third-order valence-electron chi connectivity index (χ3n) is 2.90. The number of rotatable bonds is 2. The lowest BCUT2D eigenvalue weighted by Gasteiger charge is -2.09. The van der Waals surface area contributed by atoms with Gasteiger partial charge in [-0.1, -0.05) is 6.07 Å². The summed E-state index contributed by atoms with van der Waals surface area (Å²) in [4.78, 5) is 11.9. The molecule has 0 fully saturated rings. The van der Waals surface area contributed by atoms with Gasteiger partial charge in [0.1, 0.15) is 5.82 Å². The van der Waals surface area contributed by atoms with Crippen LogP contribution < -0.4 is 5.32 Å². The van der Waals surface area contributed by atoms with Crippen LogP contribution in [0, 0.1) is 12.7 Å². The molecule has 0 unspecified atom stereocenters. The van der Waals surface area contributed by atoms with Gasteiger partial charge in [-0.15, -0.1) is 0 Å². The highest BCUT2D eigenvalue weighted by molar-refractivity contribution is 6.04. The molecule has 21 heavy (non-hydrogen) atoms. The molecular formula is C15H11F4NO. The fraction of sp³-hybridized carbons (Fsp3) is 0.133. The molecule has 0 saturated heterocycles. The zero-order chi connectivity index (χ0) is 15.6. The van der Waals surface area contributed by atoms with Crippen LogP contribution in [0.2, 0.25) is 0 Å². The highest BCUT2D eigenvalue weighted by atomic mass is 19.4. The lowest BCUT2D eigenvalue weighted by molar-refractivity contribution is -0.137. The van der Waals surface area contributed by atoms with Crippen molar-refractivity contribution in [3.8, 4) is 0 Å². The maximum atomic E-state index is 13.3. The molecule has 2 nitrogen and oxygen atoms in total. The van der Waals surface area contributed by atoms with Gasteiger partial charge in [0, 0.05) is 11.3 Å². The van der Waals surface area contributed by atoms with Gasteiger partial charge in [-0.3, -0.25) is 4.79 Å². The van der Waals surface area contributed by atoms with Crippen molar-refractivity contribution >= 4 is 11.6 Å². The van der Waals surface area contributed by atoms with E-state index < -0.39 is 23.5 Å². The molecule has 0 aliphatic rings. The fourth-order valence-electron chi connectivity index (χ4n) is 1.68. The molecule has 0 spiro atoms. The van der Waals surface area contributed by atoms with Crippen molar-refractivity contribution < 1.29 is 22.4 Å². The average molecular weight is 297 g/mol. The number of anilines is 1. The quantitative estimate of drug-likeness (QED) is 0.818. The Hall–Kier alpha value is -2.37. The molecule has 0 aromatic heterocycles. The van der Waals surface area contributed by atoms with Crippen molar-refractivity contribution in [2.75, 3.05) is 5.32 Å². The minimum atomic E-state index is -4.45. The average Bonchev–Trinajstić information content (AvgIpc) is 2.42.